The molecular weight excluding hydrogens is 313 g/mol. The predicted octanol–water partition coefficient (Wildman–Crippen LogP) is 0.105. The standard InChI is InChI=1S/C12H14FN5O3S/c1-22(20,21)16-11-7-18(17-15-11)8-12(19)14-6-9-2-4-10(13)5-3-9/h2-5,7,16H,6,8H2,1H3,(H,14,19). The molecule has 2 rings (SSSR count). The molecule has 0 fully saturated rings. The van der Waals surface area contributed by atoms with Crippen LogP contribution in [0, 0.1) is 5.82 Å². The molecule has 2 N–H and O–H groups in total. The van der Waals surface area contributed by atoms with Crippen molar-refractivity contribution in [2.75, 3.05) is 11.0 Å². The quantitative estimate of drug-likeness (QED) is 0.783. The van der Waals surface area contributed by atoms with E-state index in [1.807, 2.05) is 0 Å². The average molecular weight is 327 g/mol. The Balaban J connectivity index is 1.85. The summed E-state index contributed by atoms with van der Waals surface area (Å²) in [6, 6.07) is 5.75. The molecule has 22 heavy (non-hydrogen) atoms. The summed E-state index contributed by atoms with van der Waals surface area (Å²) >= 11 is 0. The maximum Gasteiger partial charge on any atom is 0.242 e. The van der Waals surface area contributed by atoms with Crippen molar-refractivity contribution >= 4 is 21.7 Å². The molecule has 8 nitrogen and oxygen atoms in total. The van der Waals surface area contributed by atoms with Crippen molar-refractivity contribution in [3.63, 3.8) is 0 Å². The predicted molar refractivity (Wildman–Crippen MR) is 76.7 cm³/mol. The molecule has 2 aromatic rings. The molecule has 0 atom stereocenters. The highest BCUT2D eigenvalue weighted by molar-refractivity contribution is 7.92. The van der Waals surface area contributed by atoms with Crippen molar-refractivity contribution in [2.24, 2.45) is 0 Å². The van der Waals surface area contributed by atoms with Crippen LogP contribution in [-0.4, -0.2) is 35.6 Å². The van der Waals surface area contributed by atoms with Crippen LogP contribution in [0.25, 0.3) is 0 Å². The number of carbonyl (C=O) groups excluding carboxylic acids is 1. The van der Waals surface area contributed by atoms with Gasteiger partial charge in [-0.25, -0.2) is 17.5 Å². The highest BCUT2D eigenvalue weighted by Crippen LogP contribution is 2.03. The fraction of sp³-hybridized carbons (Fsp3) is 0.250. The van der Waals surface area contributed by atoms with E-state index in [9.17, 15) is 17.6 Å². The maximum absolute atomic E-state index is 12.7. The molecule has 0 bridgehead atoms. The number of hydrogen-bond acceptors (Lipinski definition) is 5. The molecule has 1 aromatic carbocycles. The zero-order chi connectivity index (χ0) is 16.2. The van der Waals surface area contributed by atoms with Gasteiger partial charge in [-0.05, 0) is 17.7 Å². The highest BCUT2D eigenvalue weighted by atomic mass is 32.2. The van der Waals surface area contributed by atoms with Crippen molar-refractivity contribution in [1.29, 1.82) is 0 Å². The van der Waals surface area contributed by atoms with Crippen LogP contribution >= 0.6 is 0 Å². The smallest absolute Gasteiger partial charge is 0.242 e. The number of carbonyl (C=O) groups is 1. The zero-order valence-electron chi connectivity index (χ0n) is 11.7. The summed E-state index contributed by atoms with van der Waals surface area (Å²) in [6.45, 7) is 0.141. The van der Waals surface area contributed by atoms with E-state index in [4.69, 9.17) is 0 Å². The molecule has 1 aromatic heterocycles. The Bertz CT molecular complexity index is 757. The third kappa shape index (κ3) is 5.13. The average Bonchev–Trinajstić information content (AvgIpc) is 2.83. The molecule has 1 heterocycles. The summed E-state index contributed by atoms with van der Waals surface area (Å²) in [6.07, 6.45) is 2.29. The summed E-state index contributed by atoms with van der Waals surface area (Å²) < 4.78 is 38.1. The van der Waals surface area contributed by atoms with E-state index in [1.54, 1.807) is 12.1 Å². The topological polar surface area (TPSA) is 106 Å². The highest BCUT2D eigenvalue weighted by Gasteiger charge is 2.09. The molecular formula is C12H14FN5O3S. The first-order valence-electron chi connectivity index (χ1n) is 6.21. The van der Waals surface area contributed by atoms with E-state index in [2.05, 4.69) is 20.4 Å². The lowest BCUT2D eigenvalue weighted by molar-refractivity contribution is -0.122. The monoisotopic (exact) mass is 327 g/mol. The van der Waals surface area contributed by atoms with Gasteiger partial charge in [0.15, 0.2) is 5.82 Å². The second kappa shape index (κ2) is 6.52. The van der Waals surface area contributed by atoms with Gasteiger partial charge >= 0.3 is 0 Å². The first-order valence-corrected chi connectivity index (χ1v) is 8.10. The molecule has 0 radical (unpaired) electrons. The molecule has 0 aliphatic rings. The van der Waals surface area contributed by atoms with Crippen LogP contribution in [0.5, 0.6) is 0 Å². The molecule has 118 valence electrons. The van der Waals surface area contributed by atoms with E-state index in [0.717, 1.165) is 11.8 Å². The summed E-state index contributed by atoms with van der Waals surface area (Å²) in [4.78, 5) is 11.7. The number of nitrogens with zero attached hydrogens (tertiary/aromatic N) is 3. The second-order valence-corrected chi connectivity index (χ2v) is 6.33. The van der Waals surface area contributed by atoms with Crippen LogP contribution in [0.3, 0.4) is 0 Å². The number of nitrogens with one attached hydrogen (secondary N) is 2. The van der Waals surface area contributed by atoms with E-state index in [0.29, 0.717) is 0 Å². The zero-order valence-corrected chi connectivity index (χ0v) is 12.5. The first-order chi connectivity index (χ1) is 10.3. The number of amides is 1. The largest absolute Gasteiger partial charge is 0.350 e. The van der Waals surface area contributed by atoms with Crippen LogP contribution in [0.1, 0.15) is 5.56 Å². The van der Waals surface area contributed by atoms with Gasteiger partial charge in [0.05, 0.1) is 12.5 Å². The number of benzene rings is 1. The van der Waals surface area contributed by atoms with Gasteiger partial charge < -0.3 is 5.32 Å². The Labute approximate surface area is 126 Å². The van der Waals surface area contributed by atoms with E-state index in [-0.39, 0.29) is 30.6 Å². The Morgan fingerprint density at radius 2 is 2.00 bits per heavy atom. The molecule has 10 heteroatoms. The SMILES string of the molecule is CS(=O)(=O)Nc1cn(CC(=O)NCc2ccc(F)cc2)nn1. The van der Waals surface area contributed by atoms with Crippen LogP contribution < -0.4 is 10.0 Å². The van der Waals surface area contributed by atoms with E-state index in [1.165, 1.54) is 23.0 Å². The summed E-state index contributed by atoms with van der Waals surface area (Å²) in [5.41, 5.74) is 0.757. The molecule has 0 saturated heterocycles. The summed E-state index contributed by atoms with van der Waals surface area (Å²) in [7, 11) is -3.44. The first kappa shape index (κ1) is 15.9. The number of sulfonamides is 1. The third-order valence-corrected chi connectivity index (χ3v) is 3.12. The van der Waals surface area contributed by atoms with Crippen molar-refractivity contribution in [2.45, 2.75) is 13.1 Å². The van der Waals surface area contributed by atoms with Crippen LogP contribution in [0.4, 0.5) is 10.2 Å². The lowest BCUT2D eigenvalue weighted by Gasteiger charge is -2.05. The van der Waals surface area contributed by atoms with Gasteiger partial charge in [0.2, 0.25) is 15.9 Å². The second-order valence-electron chi connectivity index (χ2n) is 4.58. The van der Waals surface area contributed by atoms with Gasteiger partial charge in [-0.2, -0.15) is 0 Å². The Hall–Kier alpha value is -2.49. The maximum atomic E-state index is 12.7. The van der Waals surface area contributed by atoms with Crippen molar-refractivity contribution in [1.82, 2.24) is 20.3 Å². The lowest BCUT2D eigenvalue weighted by Crippen LogP contribution is -2.27. The third-order valence-electron chi connectivity index (χ3n) is 2.54. The number of hydrogen-bond donors (Lipinski definition) is 2. The minimum atomic E-state index is -3.44. The van der Waals surface area contributed by atoms with Gasteiger partial charge in [0.1, 0.15) is 12.4 Å². The van der Waals surface area contributed by atoms with Crippen molar-refractivity contribution in [3.8, 4) is 0 Å². The fourth-order valence-corrected chi connectivity index (χ4v) is 2.09. The van der Waals surface area contributed by atoms with E-state index >= 15 is 0 Å². The Kier molecular flexibility index (Phi) is 4.71. The molecule has 0 spiro atoms. The van der Waals surface area contributed by atoms with Crippen molar-refractivity contribution < 1.29 is 17.6 Å². The number of rotatable bonds is 6. The van der Waals surface area contributed by atoms with Gasteiger partial charge in [0, 0.05) is 6.54 Å². The Morgan fingerprint density at radius 1 is 1.32 bits per heavy atom. The molecule has 0 unspecified atom stereocenters. The normalized spacial score (nSPS) is 11.2. The summed E-state index contributed by atoms with van der Waals surface area (Å²) in [5.74, 6) is -0.641. The van der Waals surface area contributed by atoms with Crippen LogP contribution in [-0.2, 0) is 27.9 Å². The van der Waals surface area contributed by atoms with Crippen LogP contribution in [0.2, 0.25) is 0 Å². The van der Waals surface area contributed by atoms with Crippen molar-refractivity contribution in [3.05, 3.63) is 41.8 Å². The van der Waals surface area contributed by atoms with Gasteiger partial charge in [-0.15, -0.1) is 5.10 Å². The Morgan fingerprint density at radius 3 is 2.64 bits per heavy atom. The molecule has 0 aliphatic carbocycles. The van der Waals surface area contributed by atoms with E-state index < -0.39 is 10.0 Å². The molecule has 1 amide bonds. The summed E-state index contributed by atoms with van der Waals surface area (Å²) in [5, 5.41) is 9.86. The van der Waals surface area contributed by atoms with Gasteiger partial charge in [-0.1, -0.05) is 17.3 Å². The number of halogens is 1. The lowest BCUT2D eigenvalue weighted by atomic mass is 10.2. The minimum absolute atomic E-state index is 0.0360. The number of anilines is 1. The minimum Gasteiger partial charge on any atom is -0.350 e. The van der Waals surface area contributed by atoms with Gasteiger partial charge in [0.25, 0.3) is 0 Å². The fourth-order valence-electron chi connectivity index (χ4n) is 1.62. The van der Waals surface area contributed by atoms with Crippen LogP contribution in [0.15, 0.2) is 30.5 Å². The van der Waals surface area contributed by atoms with Gasteiger partial charge in [-0.3, -0.25) is 9.52 Å². The molecule has 0 saturated carbocycles. The number of aromatic nitrogens is 3. The molecule has 0 aliphatic heterocycles.